The fourth-order valence-electron chi connectivity index (χ4n) is 0.489. The van der Waals surface area contributed by atoms with Gasteiger partial charge in [-0.15, -0.1) is 0 Å². The Morgan fingerprint density at radius 3 is 3.00 bits per heavy atom. The Balaban J connectivity index is 2.85. The molecule has 0 saturated heterocycles. The van der Waals surface area contributed by atoms with Crippen molar-refractivity contribution in [3.63, 3.8) is 0 Å². The minimum atomic E-state index is 1.05. The molecule has 0 atom stereocenters. The van der Waals surface area contributed by atoms with Crippen LogP contribution in [0.25, 0.3) is 0 Å². The van der Waals surface area contributed by atoms with Crippen molar-refractivity contribution in [2.45, 2.75) is 13.8 Å². The molecule has 1 rings (SSSR count). The first-order valence-electron chi connectivity index (χ1n) is 2.79. The van der Waals surface area contributed by atoms with Gasteiger partial charge in [-0.2, -0.15) is 5.10 Å². The third-order valence-electron chi connectivity index (χ3n) is 1.22. The van der Waals surface area contributed by atoms with Crippen molar-refractivity contribution in [2.75, 3.05) is 0 Å². The van der Waals surface area contributed by atoms with Gasteiger partial charge in [-0.3, -0.25) is 5.43 Å². The Morgan fingerprint density at radius 1 is 1.44 bits per heavy atom. The molecule has 0 aromatic rings. The number of nitrogens with one attached hydrogen (secondary N) is 1. The van der Waals surface area contributed by atoms with E-state index in [0.29, 0.717) is 0 Å². The van der Waals surface area contributed by atoms with Crippen LogP contribution in [0.4, 0.5) is 0 Å². The summed E-state index contributed by atoms with van der Waals surface area (Å²) in [4.78, 5) is 3.87. The molecule has 0 unspecified atom stereocenters. The van der Waals surface area contributed by atoms with Crippen LogP contribution in [0.5, 0.6) is 0 Å². The molecule has 0 aromatic heterocycles. The summed E-state index contributed by atoms with van der Waals surface area (Å²) in [5, 5.41) is 3.77. The van der Waals surface area contributed by atoms with E-state index in [-0.39, 0.29) is 0 Å². The Labute approximate surface area is 54.2 Å². The third kappa shape index (κ3) is 1.38. The minimum Gasteiger partial charge on any atom is -0.281 e. The largest absolute Gasteiger partial charge is 0.281 e. The van der Waals surface area contributed by atoms with Crippen molar-refractivity contribution >= 4 is 12.6 Å². The van der Waals surface area contributed by atoms with Crippen LogP contribution < -0.4 is 5.43 Å². The summed E-state index contributed by atoms with van der Waals surface area (Å²) in [6, 6.07) is 0. The van der Waals surface area contributed by atoms with Gasteiger partial charge >= 0.3 is 0 Å². The predicted molar refractivity (Wildman–Crippen MR) is 38.5 cm³/mol. The SMILES string of the molecule is CC1=C(C)NN=CN=C1. The van der Waals surface area contributed by atoms with Crippen molar-refractivity contribution in [2.24, 2.45) is 10.1 Å². The number of hydrogen-bond acceptors (Lipinski definition) is 3. The standard InChI is InChI=1S/C6H9N3/c1-5-3-7-4-8-9-6(5)2/h3-4,9H,1-2H3. The van der Waals surface area contributed by atoms with E-state index < -0.39 is 0 Å². The number of hydrazone groups is 1. The molecule has 9 heavy (non-hydrogen) atoms. The lowest BCUT2D eigenvalue weighted by molar-refractivity contribution is 0.886. The number of aliphatic imine (C=N–C) groups is 1. The van der Waals surface area contributed by atoms with Crippen molar-refractivity contribution < 1.29 is 0 Å². The first-order valence-corrected chi connectivity index (χ1v) is 2.79. The lowest BCUT2D eigenvalue weighted by Crippen LogP contribution is -2.02. The topological polar surface area (TPSA) is 36.8 Å². The lowest BCUT2D eigenvalue weighted by atomic mass is 10.3. The summed E-state index contributed by atoms with van der Waals surface area (Å²) in [5.74, 6) is 0. The van der Waals surface area contributed by atoms with Gasteiger partial charge < -0.3 is 0 Å². The Bertz CT molecular complexity index is 188. The number of hydrogen-bond donors (Lipinski definition) is 1. The minimum absolute atomic E-state index is 1.05. The van der Waals surface area contributed by atoms with Gasteiger partial charge in [0.05, 0.1) is 0 Å². The molecule has 0 amide bonds. The summed E-state index contributed by atoms with van der Waals surface area (Å²) in [6.07, 6.45) is 3.26. The Hall–Kier alpha value is -1.12. The molecule has 3 heteroatoms. The van der Waals surface area contributed by atoms with Crippen molar-refractivity contribution in [3.05, 3.63) is 11.3 Å². The molecule has 0 aliphatic carbocycles. The Morgan fingerprint density at radius 2 is 2.22 bits per heavy atom. The highest BCUT2D eigenvalue weighted by molar-refractivity contribution is 5.85. The number of nitrogens with zero attached hydrogens (tertiary/aromatic N) is 2. The van der Waals surface area contributed by atoms with Gasteiger partial charge in [-0.05, 0) is 19.4 Å². The molecule has 1 N–H and O–H groups in total. The maximum absolute atomic E-state index is 3.87. The fraction of sp³-hybridized carbons (Fsp3) is 0.333. The maximum Gasteiger partial charge on any atom is 0.135 e. The lowest BCUT2D eigenvalue weighted by Gasteiger charge is -1.97. The average Bonchev–Trinajstić information content (AvgIpc) is 1.99. The first kappa shape index (κ1) is 6.01. The van der Waals surface area contributed by atoms with E-state index >= 15 is 0 Å². The van der Waals surface area contributed by atoms with Gasteiger partial charge in [0.25, 0.3) is 0 Å². The van der Waals surface area contributed by atoms with Crippen LogP contribution in [0.15, 0.2) is 21.4 Å². The van der Waals surface area contributed by atoms with Crippen molar-refractivity contribution in [3.8, 4) is 0 Å². The molecule has 1 heterocycles. The van der Waals surface area contributed by atoms with Gasteiger partial charge in [-0.25, -0.2) is 4.99 Å². The van der Waals surface area contributed by atoms with Crippen molar-refractivity contribution in [1.29, 1.82) is 0 Å². The molecule has 1 aliphatic heterocycles. The van der Waals surface area contributed by atoms with Gasteiger partial charge in [0.1, 0.15) is 6.34 Å². The zero-order chi connectivity index (χ0) is 6.69. The smallest absolute Gasteiger partial charge is 0.135 e. The molecule has 1 aliphatic rings. The molecule has 0 aromatic carbocycles. The highest BCUT2D eigenvalue weighted by Gasteiger charge is 1.92. The quantitative estimate of drug-likeness (QED) is 0.510. The molecule has 0 radical (unpaired) electrons. The van der Waals surface area contributed by atoms with Gasteiger partial charge in [0, 0.05) is 11.9 Å². The zero-order valence-corrected chi connectivity index (χ0v) is 5.55. The summed E-state index contributed by atoms with van der Waals surface area (Å²) in [5.41, 5.74) is 4.98. The van der Waals surface area contributed by atoms with Crippen LogP contribution in [0.3, 0.4) is 0 Å². The highest BCUT2D eigenvalue weighted by Crippen LogP contribution is 1.97. The van der Waals surface area contributed by atoms with E-state index in [1.54, 1.807) is 6.21 Å². The molecular weight excluding hydrogens is 114 g/mol. The second-order valence-corrected chi connectivity index (χ2v) is 1.94. The second kappa shape index (κ2) is 2.44. The summed E-state index contributed by atoms with van der Waals surface area (Å²) in [6.45, 7) is 3.95. The summed E-state index contributed by atoms with van der Waals surface area (Å²) < 4.78 is 0. The summed E-state index contributed by atoms with van der Waals surface area (Å²) in [7, 11) is 0. The molecule has 0 spiro atoms. The van der Waals surface area contributed by atoms with Crippen LogP contribution in [-0.4, -0.2) is 12.6 Å². The van der Waals surface area contributed by atoms with Gasteiger partial charge in [-0.1, -0.05) is 0 Å². The number of rotatable bonds is 0. The van der Waals surface area contributed by atoms with Crippen LogP contribution in [0, 0.1) is 0 Å². The van der Waals surface area contributed by atoms with E-state index in [4.69, 9.17) is 0 Å². The van der Waals surface area contributed by atoms with E-state index in [1.165, 1.54) is 6.34 Å². The highest BCUT2D eigenvalue weighted by atomic mass is 15.3. The third-order valence-corrected chi connectivity index (χ3v) is 1.22. The molecule has 0 fully saturated rings. The van der Waals surface area contributed by atoms with Crippen LogP contribution in [-0.2, 0) is 0 Å². The normalized spacial score (nSPS) is 17.6. The molecular formula is C6H9N3. The monoisotopic (exact) mass is 123 g/mol. The van der Waals surface area contributed by atoms with Crippen LogP contribution >= 0.6 is 0 Å². The van der Waals surface area contributed by atoms with Crippen LogP contribution in [0.1, 0.15) is 13.8 Å². The van der Waals surface area contributed by atoms with Crippen LogP contribution in [0.2, 0.25) is 0 Å². The first-order chi connectivity index (χ1) is 4.30. The van der Waals surface area contributed by atoms with Crippen molar-refractivity contribution in [1.82, 2.24) is 5.43 Å². The van der Waals surface area contributed by atoms with E-state index in [2.05, 4.69) is 15.5 Å². The van der Waals surface area contributed by atoms with E-state index in [1.807, 2.05) is 13.8 Å². The second-order valence-electron chi connectivity index (χ2n) is 1.94. The molecule has 0 bridgehead atoms. The number of allylic oxidation sites excluding steroid dienone is 2. The fourth-order valence-corrected chi connectivity index (χ4v) is 0.489. The zero-order valence-electron chi connectivity index (χ0n) is 5.55. The molecule has 3 nitrogen and oxygen atoms in total. The van der Waals surface area contributed by atoms with E-state index in [0.717, 1.165) is 11.3 Å². The van der Waals surface area contributed by atoms with Gasteiger partial charge in [0.15, 0.2) is 0 Å². The molecule has 0 saturated carbocycles. The predicted octanol–water partition coefficient (Wildman–Crippen LogP) is 0.898. The average molecular weight is 123 g/mol. The van der Waals surface area contributed by atoms with E-state index in [9.17, 15) is 0 Å². The van der Waals surface area contributed by atoms with Gasteiger partial charge in [0.2, 0.25) is 0 Å². The summed E-state index contributed by atoms with van der Waals surface area (Å²) >= 11 is 0. The Kier molecular flexibility index (Phi) is 1.63. The molecule has 48 valence electrons. The maximum atomic E-state index is 3.87.